The van der Waals surface area contributed by atoms with Crippen LogP contribution < -0.4 is 4.63 Å². The van der Waals surface area contributed by atoms with Crippen LogP contribution in [0.15, 0.2) is 0 Å². The van der Waals surface area contributed by atoms with E-state index in [-0.39, 0.29) is 0 Å². The zero-order valence-electron chi connectivity index (χ0n) is 4.57. The molecule has 1 rings (SSSR count). The first-order chi connectivity index (χ1) is 4.29. The summed E-state index contributed by atoms with van der Waals surface area (Å²) in [5.74, 6) is 0. The van der Waals surface area contributed by atoms with Crippen LogP contribution in [0.2, 0.25) is 6.32 Å². The lowest BCUT2D eigenvalue weighted by atomic mass is 9.83. The maximum absolute atomic E-state index is 10.0. The highest BCUT2D eigenvalue weighted by atomic mass is 32.2. The van der Waals surface area contributed by atoms with Crippen molar-refractivity contribution in [2.24, 2.45) is 0 Å². The van der Waals surface area contributed by atoms with Crippen molar-refractivity contribution < 1.29 is 18.5 Å². The van der Waals surface area contributed by atoms with Gasteiger partial charge in [0.05, 0.1) is 6.61 Å². The second-order valence-electron chi connectivity index (χ2n) is 1.56. The standard InChI is InChI=1S/C2H6BNO4S/c5-9(6)4-3-1-2-7-8-3/h4H,1-2H2,(H,5,6). The molecule has 1 fully saturated rings. The van der Waals surface area contributed by atoms with Crippen molar-refractivity contribution in [3.8, 4) is 0 Å². The minimum Gasteiger partial charge on any atom is -0.294 e. The Balaban J connectivity index is 2.19. The SMILES string of the molecule is O=S(O)NB1CCOO1. The molecular weight excluding hydrogens is 145 g/mol. The summed E-state index contributed by atoms with van der Waals surface area (Å²) in [5.41, 5.74) is 0. The first-order valence-corrected chi connectivity index (χ1v) is 3.55. The lowest BCUT2D eigenvalue weighted by molar-refractivity contribution is -0.186. The number of rotatable bonds is 2. The molecular formula is C2H6BNO4S. The average Bonchev–Trinajstić information content (AvgIpc) is 2.15. The van der Waals surface area contributed by atoms with E-state index in [1.165, 1.54) is 0 Å². The monoisotopic (exact) mass is 151 g/mol. The Morgan fingerprint density at radius 3 is 3.00 bits per heavy atom. The van der Waals surface area contributed by atoms with Crippen LogP contribution in [0.3, 0.4) is 0 Å². The van der Waals surface area contributed by atoms with E-state index in [1.807, 2.05) is 0 Å². The van der Waals surface area contributed by atoms with Gasteiger partial charge in [0.1, 0.15) is 0 Å². The lowest BCUT2D eigenvalue weighted by Gasteiger charge is -1.97. The molecule has 1 unspecified atom stereocenters. The summed E-state index contributed by atoms with van der Waals surface area (Å²) < 4.78 is 20.5. The van der Waals surface area contributed by atoms with E-state index in [9.17, 15) is 4.21 Å². The molecule has 7 heteroatoms. The van der Waals surface area contributed by atoms with E-state index in [0.29, 0.717) is 12.9 Å². The normalized spacial score (nSPS) is 22.6. The van der Waals surface area contributed by atoms with Gasteiger partial charge >= 0.3 is 7.05 Å². The Bertz CT molecular complexity index is 115. The molecule has 1 atom stereocenters. The van der Waals surface area contributed by atoms with Crippen molar-refractivity contribution in [1.29, 1.82) is 0 Å². The van der Waals surface area contributed by atoms with Crippen LogP contribution in [0, 0.1) is 0 Å². The minimum absolute atomic E-state index is 0.434. The Hall–Kier alpha value is 0.0549. The molecule has 0 aromatic carbocycles. The summed E-state index contributed by atoms with van der Waals surface area (Å²) in [7, 11) is -0.434. The zero-order valence-corrected chi connectivity index (χ0v) is 5.39. The average molecular weight is 151 g/mol. The fraction of sp³-hybridized carbons (Fsp3) is 1.00. The molecule has 1 aliphatic heterocycles. The number of nitrogens with one attached hydrogen (secondary N) is 1. The van der Waals surface area contributed by atoms with Gasteiger partial charge in [-0.25, -0.2) is 8.84 Å². The van der Waals surface area contributed by atoms with Gasteiger partial charge in [0.25, 0.3) is 0 Å². The summed E-state index contributed by atoms with van der Waals surface area (Å²) in [6.07, 6.45) is 0.603. The molecule has 52 valence electrons. The number of hydrogen-bond donors (Lipinski definition) is 2. The van der Waals surface area contributed by atoms with Crippen molar-refractivity contribution in [3.05, 3.63) is 0 Å². The summed E-state index contributed by atoms with van der Waals surface area (Å²) in [4.78, 5) is 8.95. The topological polar surface area (TPSA) is 67.8 Å². The van der Waals surface area contributed by atoms with Crippen molar-refractivity contribution in [3.63, 3.8) is 0 Å². The Morgan fingerprint density at radius 2 is 2.56 bits per heavy atom. The summed E-state index contributed by atoms with van der Waals surface area (Å²) >= 11 is -2.01. The van der Waals surface area contributed by atoms with E-state index < -0.39 is 18.3 Å². The molecule has 2 N–H and O–H groups in total. The fourth-order valence-electron chi connectivity index (χ4n) is 0.525. The number of hydrogen-bond acceptors (Lipinski definition) is 3. The fourth-order valence-corrected chi connectivity index (χ4v) is 0.907. The molecule has 1 saturated heterocycles. The maximum atomic E-state index is 10.0. The van der Waals surface area contributed by atoms with Crippen molar-refractivity contribution in [2.75, 3.05) is 6.61 Å². The highest BCUT2D eigenvalue weighted by Crippen LogP contribution is 2.02. The van der Waals surface area contributed by atoms with E-state index in [0.717, 1.165) is 0 Å². The molecule has 0 saturated carbocycles. The van der Waals surface area contributed by atoms with E-state index in [2.05, 4.69) is 14.3 Å². The highest BCUT2D eigenvalue weighted by molar-refractivity contribution is 7.78. The first kappa shape index (κ1) is 7.17. The molecule has 0 bridgehead atoms. The van der Waals surface area contributed by atoms with Gasteiger partial charge in [0.2, 0.25) is 11.3 Å². The lowest BCUT2D eigenvalue weighted by Crippen LogP contribution is -2.34. The van der Waals surface area contributed by atoms with E-state index in [1.54, 1.807) is 0 Å². The molecule has 0 spiro atoms. The third-order valence-electron chi connectivity index (χ3n) is 0.880. The van der Waals surface area contributed by atoms with Gasteiger partial charge in [-0.05, 0) is 6.32 Å². The van der Waals surface area contributed by atoms with Crippen molar-refractivity contribution in [1.82, 2.24) is 4.63 Å². The molecule has 0 aromatic heterocycles. The smallest absolute Gasteiger partial charge is 0.294 e. The molecule has 0 aromatic rings. The largest absolute Gasteiger partial charge is 0.436 e. The van der Waals surface area contributed by atoms with E-state index >= 15 is 0 Å². The predicted molar refractivity (Wildman–Crippen MR) is 31.5 cm³/mol. The molecule has 9 heavy (non-hydrogen) atoms. The highest BCUT2D eigenvalue weighted by Gasteiger charge is 2.25. The predicted octanol–water partition coefficient (Wildman–Crippen LogP) is -0.837. The third kappa shape index (κ3) is 2.42. The van der Waals surface area contributed by atoms with Gasteiger partial charge in [0.15, 0.2) is 0 Å². The second-order valence-corrected chi connectivity index (χ2v) is 2.30. The molecule has 0 aliphatic carbocycles. The molecule has 1 aliphatic rings. The van der Waals surface area contributed by atoms with Crippen LogP contribution >= 0.6 is 0 Å². The Morgan fingerprint density at radius 1 is 1.78 bits per heavy atom. The molecule has 1 heterocycles. The second kappa shape index (κ2) is 3.28. The summed E-state index contributed by atoms with van der Waals surface area (Å²) in [5, 5.41) is 0. The van der Waals surface area contributed by atoms with Crippen LogP contribution in [0.4, 0.5) is 0 Å². The van der Waals surface area contributed by atoms with Crippen molar-refractivity contribution >= 4 is 18.3 Å². The van der Waals surface area contributed by atoms with Gasteiger partial charge < -0.3 is 0 Å². The van der Waals surface area contributed by atoms with Gasteiger partial charge in [-0.15, -0.1) is 0 Å². The molecule has 0 amide bonds. The minimum atomic E-state index is -2.01. The third-order valence-corrected chi connectivity index (χ3v) is 1.34. The first-order valence-electron chi connectivity index (χ1n) is 2.44. The zero-order chi connectivity index (χ0) is 6.69. The maximum Gasteiger partial charge on any atom is 0.436 e. The van der Waals surface area contributed by atoms with Crippen LogP contribution in [0.25, 0.3) is 0 Å². The summed E-state index contributed by atoms with van der Waals surface area (Å²) in [6, 6.07) is 0. The van der Waals surface area contributed by atoms with Gasteiger partial charge in [-0.1, -0.05) is 0 Å². The van der Waals surface area contributed by atoms with Crippen LogP contribution in [0.1, 0.15) is 0 Å². The van der Waals surface area contributed by atoms with Gasteiger partial charge in [-0.3, -0.25) is 14.2 Å². The Labute approximate surface area is 55.2 Å². The quantitative estimate of drug-likeness (QED) is 0.306. The van der Waals surface area contributed by atoms with Crippen LogP contribution in [-0.2, 0) is 21.0 Å². The van der Waals surface area contributed by atoms with Crippen LogP contribution in [0.5, 0.6) is 0 Å². The molecule has 5 nitrogen and oxygen atoms in total. The van der Waals surface area contributed by atoms with Gasteiger partial charge in [-0.2, -0.15) is 0 Å². The summed E-state index contributed by atoms with van der Waals surface area (Å²) in [6.45, 7) is 0.467. The van der Waals surface area contributed by atoms with Gasteiger partial charge in [0, 0.05) is 0 Å². The van der Waals surface area contributed by atoms with Crippen LogP contribution in [-0.4, -0.2) is 22.4 Å². The van der Waals surface area contributed by atoms with Crippen molar-refractivity contribution in [2.45, 2.75) is 6.32 Å². The van der Waals surface area contributed by atoms with E-state index in [4.69, 9.17) is 4.55 Å². The molecule has 0 radical (unpaired) electrons. The Kier molecular flexibility index (Phi) is 2.61.